The first-order valence-electron chi connectivity index (χ1n) is 6.83. The highest BCUT2D eigenvalue weighted by Crippen LogP contribution is 2.29. The van der Waals surface area contributed by atoms with Crippen molar-refractivity contribution in [2.75, 3.05) is 5.32 Å². The Labute approximate surface area is 125 Å². The van der Waals surface area contributed by atoms with Gasteiger partial charge in [0.1, 0.15) is 5.82 Å². The molecule has 1 aliphatic rings. The number of nitro benzene ring substituents is 1. The number of fused-ring (bicyclic) bond motifs is 1. The summed E-state index contributed by atoms with van der Waals surface area (Å²) in [6.45, 7) is 0.725. The standard InChI is InChI=1S/C14H14N4O4/c19-12-2-1-10(8-11(12)18(21)22)16-14(20)9-3-5-17-6-4-15-13(17)7-9/h1-2,4,6,8-9,19H,3,5,7H2,(H,16,20)/t9-/m0/s1. The van der Waals surface area contributed by atoms with E-state index in [0.29, 0.717) is 18.5 Å². The second-order valence-corrected chi connectivity index (χ2v) is 5.18. The molecule has 0 bridgehead atoms. The molecule has 1 aliphatic heterocycles. The topological polar surface area (TPSA) is 110 Å². The van der Waals surface area contributed by atoms with Crippen LogP contribution in [-0.4, -0.2) is 25.5 Å². The number of nitrogens with zero attached hydrogens (tertiary/aromatic N) is 3. The van der Waals surface area contributed by atoms with E-state index in [0.717, 1.165) is 18.4 Å². The molecule has 8 nitrogen and oxygen atoms in total. The summed E-state index contributed by atoms with van der Waals surface area (Å²) in [7, 11) is 0. The Morgan fingerprint density at radius 3 is 3.09 bits per heavy atom. The van der Waals surface area contributed by atoms with Crippen LogP contribution in [0.25, 0.3) is 0 Å². The first-order chi connectivity index (χ1) is 10.5. The molecule has 1 amide bonds. The Kier molecular flexibility index (Phi) is 3.50. The van der Waals surface area contributed by atoms with Crippen molar-refractivity contribution in [2.24, 2.45) is 5.92 Å². The summed E-state index contributed by atoms with van der Waals surface area (Å²) in [6, 6.07) is 3.78. The molecule has 2 N–H and O–H groups in total. The molecule has 0 unspecified atom stereocenters. The molecular formula is C14H14N4O4. The van der Waals surface area contributed by atoms with Crippen LogP contribution in [0.3, 0.4) is 0 Å². The summed E-state index contributed by atoms with van der Waals surface area (Å²) in [5.74, 6) is 0.0165. The minimum atomic E-state index is -0.692. The molecule has 0 spiro atoms. The van der Waals surface area contributed by atoms with Crippen LogP contribution in [0, 0.1) is 16.0 Å². The Hall–Kier alpha value is -2.90. The van der Waals surface area contributed by atoms with Gasteiger partial charge in [-0.2, -0.15) is 0 Å². The van der Waals surface area contributed by atoms with Crippen molar-refractivity contribution in [3.63, 3.8) is 0 Å². The molecule has 1 aromatic carbocycles. The van der Waals surface area contributed by atoms with Crippen LogP contribution in [0.1, 0.15) is 12.2 Å². The highest BCUT2D eigenvalue weighted by molar-refractivity contribution is 5.93. The van der Waals surface area contributed by atoms with Crippen molar-refractivity contribution in [3.8, 4) is 5.75 Å². The largest absolute Gasteiger partial charge is 0.502 e. The zero-order valence-corrected chi connectivity index (χ0v) is 11.6. The summed E-state index contributed by atoms with van der Waals surface area (Å²) in [6.07, 6.45) is 4.82. The van der Waals surface area contributed by atoms with Gasteiger partial charge in [-0.05, 0) is 18.6 Å². The number of hydrogen-bond donors (Lipinski definition) is 2. The number of aromatic hydroxyl groups is 1. The Morgan fingerprint density at radius 2 is 2.32 bits per heavy atom. The minimum absolute atomic E-state index is 0.200. The maximum absolute atomic E-state index is 12.3. The molecule has 22 heavy (non-hydrogen) atoms. The monoisotopic (exact) mass is 302 g/mol. The second kappa shape index (κ2) is 5.47. The molecule has 1 atom stereocenters. The van der Waals surface area contributed by atoms with Gasteiger partial charge >= 0.3 is 5.69 Å². The fourth-order valence-corrected chi connectivity index (χ4v) is 2.57. The third-order valence-electron chi connectivity index (χ3n) is 3.76. The number of nitrogens with one attached hydrogen (secondary N) is 1. The van der Waals surface area contributed by atoms with Crippen molar-refractivity contribution in [1.29, 1.82) is 0 Å². The molecule has 3 rings (SSSR count). The number of hydrogen-bond acceptors (Lipinski definition) is 5. The van der Waals surface area contributed by atoms with E-state index in [1.54, 1.807) is 6.20 Å². The second-order valence-electron chi connectivity index (χ2n) is 5.18. The van der Waals surface area contributed by atoms with E-state index in [9.17, 15) is 20.0 Å². The van der Waals surface area contributed by atoms with Gasteiger partial charge < -0.3 is 15.0 Å². The van der Waals surface area contributed by atoms with E-state index in [2.05, 4.69) is 10.3 Å². The van der Waals surface area contributed by atoms with Crippen LogP contribution in [0.15, 0.2) is 30.6 Å². The quantitative estimate of drug-likeness (QED) is 0.509. The summed E-state index contributed by atoms with van der Waals surface area (Å²) < 4.78 is 2.01. The molecule has 8 heteroatoms. The van der Waals surface area contributed by atoms with Crippen molar-refractivity contribution >= 4 is 17.3 Å². The lowest BCUT2D eigenvalue weighted by Gasteiger charge is -2.22. The number of imidazole rings is 1. The van der Waals surface area contributed by atoms with Gasteiger partial charge in [-0.1, -0.05) is 0 Å². The molecule has 2 aromatic rings. The molecule has 0 radical (unpaired) electrons. The SMILES string of the molecule is O=C(Nc1ccc(O)c([N+](=O)[O-])c1)[C@H]1CCn2ccnc2C1. The van der Waals surface area contributed by atoms with Crippen LogP contribution in [0.4, 0.5) is 11.4 Å². The van der Waals surface area contributed by atoms with Crippen molar-refractivity contribution in [1.82, 2.24) is 9.55 Å². The third kappa shape index (κ3) is 2.62. The fraction of sp³-hybridized carbons (Fsp3) is 0.286. The van der Waals surface area contributed by atoms with Crippen LogP contribution in [0.2, 0.25) is 0 Å². The maximum Gasteiger partial charge on any atom is 0.312 e. The molecule has 0 fully saturated rings. The number of benzene rings is 1. The number of amides is 1. The summed E-state index contributed by atoms with van der Waals surface area (Å²) in [5.41, 5.74) is -0.139. The summed E-state index contributed by atoms with van der Waals surface area (Å²) >= 11 is 0. The number of anilines is 1. The van der Waals surface area contributed by atoms with Gasteiger partial charge in [0.25, 0.3) is 0 Å². The molecule has 0 saturated heterocycles. The van der Waals surface area contributed by atoms with Gasteiger partial charge in [-0.15, -0.1) is 0 Å². The van der Waals surface area contributed by atoms with Crippen molar-refractivity contribution in [2.45, 2.75) is 19.4 Å². The highest BCUT2D eigenvalue weighted by atomic mass is 16.6. The molecule has 114 valence electrons. The van der Waals surface area contributed by atoms with Crippen molar-refractivity contribution < 1.29 is 14.8 Å². The van der Waals surface area contributed by atoms with Gasteiger partial charge in [0.05, 0.1) is 4.92 Å². The van der Waals surface area contributed by atoms with Gasteiger partial charge in [0, 0.05) is 43.0 Å². The number of phenols is 1. The summed E-state index contributed by atoms with van der Waals surface area (Å²) in [4.78, 5) is 26.6. The van der Waals surface area contributed by atoms with Gasteiger partial charge in [0.15, 0.2) is 5.75 Å². The molecule has 0 saturated carbocycles. The number of carbonyl (C=O) groups excluding carboxylic acids is 1. The van der Waals surface area contributed by atoms with E-state index < -0.39 is 16.4 Å². The number of phenolic OH excluding ortho intramolecular Hbond substituents is 1. The van der Waals surface area contributed by atoms with E-state index in [4.69, 9.17) is 0 Å². The zero-order valence-electron chi connectivity index (χ0n) is 11.6. The molecular weight excluding hydrogens is 288 g/mol. The number of aryl methyl sites for hydroxylation is 1. The normalized spacial score (nSPS) is 16.8. The zero-order chi connectivity index (χ0) is 15.7. The smallest absolute Gasteiger partial charge is 0.312 e. The first kappa shape index (κ1) is 14.1. The highest BCUT2D eigenvalue weighted by Gasteiger charge is 2.26. The van der Waals surface area contributed by atoms with E-state index >= 15 is 0 Å². The maximum atomic E-state index is 12.3. The minimum Gasteiger partial charge on any atom is -0.502 e. The van der Waals surface area contributed by atoms with Gasteiger partial charge in [0.2, 0.25) is 5.91 Å². The number of aromatic nitrogens is 2. The van der Waals surface area contributed by atoms with Crippen molar-refractivity contribution in [3.05, 3.63) is 46.5 Å². The van der Waals surface area contributed by atoms with E-state index in [1.165, 1.54) is 12.1 Å². The van der Waals surface area contributed by atoms with Crippen LogP contribution in [0.5, 0.6) is 5.75 Å². The Morgan fingerprint density at radius 1 is 1.50 bits per heavy atom. The predicted octanol–water partition coefficient (Wildman–Crippen LogP) is 1.70. The lowest BCUT2D eigenvalue weighted by molar-refractivity contribution is -0.385. The van der Waals surface area contributed by atoms with Crippen LogP contribution >= 0.6 is 0 Å². The lowest BCUT2D eigenvalue weighted by atomic mass is 9.97. The van der Waals surface area contributed by atoms with Gasteiger partial charge in [-0.25, -0.2) is 4.98 Å². The fourth-order valence-electron chi connectivity index (χ4n) is 2.57. The van der Waals surface area contributed by atoms with Gasteiger partial charge in [-0.3, -0.25) is 14.9 Å². The van der Waals surface area contributed by atoms with E-state index in [1.807, 2.05) is 10.8 Å². The predicted molar refractivity (Wildman–Crippen MR) is 77.4 cm³/mol. The molecule has 1 aromatic heterocycles. The van der Waals surface area contributed by atoms with E-state index in [-0.39, 0.29) is 11.8 Å². The average Bonchev–Trinajstić information content (AvgIpc) is 2.96. The Balaban J connectivity index is 1.72. The number of carbonyl (C=O) groups is 1. The van der Waals surface area contributed by atoms with Crippen LogP contribution < -0.4 is 5.32 Å². The summed E-state index contributed by atoms with van der Waals surface area (Å²) in [5, 5.41) is 22.9. The average molecular weight is 302 g/mol. The molecule has 0 aliphatic carbocycles. The first-order valence-corrected chi connectivity index (χ1v) is 6.83. The lowest BCUT2D eigenvalue weighted by Crippen LogP contribution is -2.30. The number of nitro groups is 1. The van der Waals surface area contributed by atoms with Crippen LogP contribution in [-0.2, 0) is 17.8 Å². The Bertz CT molecular complexity index is 740. The third-order valence-corrected chi connectivity index (χ3v) is 3.76. The molecule has 2 heterocycles. The number of rotatable bonds is 3.